The maximum atomic E-state index is 11.4. The van der Waals surface area contributed by atoms with Crippen molar-refractivity contribution in [1.82, 2.24) is 0 Å². The molecule has 0 heterocycles. The number of hydrogen-bond donors (Lipinski definition) is 0. The molecule has 0 fully saturated rings. The Morgan fingerprint density at radius 2 is 2.00 bits per heavy atom. The molecular weight excluding hydrogens is 228 g/mol. The highest BCUT2D eigenvalue weighted by Gasteiger charge is 2.15. The molecule has 1 rings (SSSR count). The van der Waals surface area contributed by atoms with Gasteiger partial charge < -0.3 is 9.47 Å². The Bertz CT molecular complexity index is 391. The third-order valence-electron chi connectivity index (χ3n) is 2.62. The lowest BCUT2D eigenvalue weighted by atomic mass is 9.87. The fourth-order valence-corrected chi connectivity index (χ4v) is 1.45. The molecule has 0 amide bonds. The van der Waals surface area contributed by atoms with E-state index < -0.39 is 6.16 Å². The summed E-state index contributed by atoms with van der Waals surface area (Å²) >= 11 is 0. The van der Waals surface area contributed by atoms with Gasteiger partial charge in [0.25, 0.3) is 0 Å². The van der Waals surface area contributed by atoms with Crippen molar-refractivity contribution >= 4 is 6.16 Å². The van der Waals surface area contributed by atoms with Crippen LogP contribution < -0.4 is 4.74 Å². The quantitative estimate of drug-likeness (QED) is 0.454. The second-order valence-corrected chi connectivity index (χ2v) is 5.33. The zero-order chi connectivity index (χ0) is 13.6. The molecule has 1 aromatic carbocycles. The summed E-state index contributed by atoms with van der Waals surface area (Å²) in [6, 6.07) is 7.54. The first kappa shape index (κ1) is 14.6. The van der Waals surface area contributed by atoms with Gasteiger partial charge in [0.1, 0.15) is 5.75 Å². The Hall–Kier alpha value is -1.51. The normalized spacial score (nSPS) is 11.1. The molecule has 0 atom stereocenters. The number of unbranched alkanes of at least 4 members (excludes halogenated alkanes) is 1. The minimum Gasteiger partial charge on any atom is -0.434 e. The molecule has 0 spiro atoms. The van der Waals surface area contributed by atoms with Crippen molar-refractivity contribution < 1.29 is 14.3 Å². The average Bonchev–Trinajstić information content (AvgIpc) is 2.28. The van der Waals surface area contributed by atoms with Crippen LogP contribution in [0.5, 0.6) is 5.75 Å². The second kappa shape index (κ2) is 6.43. The van der Waals surface area contributed by atoms with E-state index in [-0.39, 0.29) is 5.41 Å². The van der Waals surface area contributed by atoms with E-state index in [1.807, 2.05) is 25.1 Å². The minimum absolute atomic E-state index is 0.0332. The van der Waals surface area contributed by atoms with Crippen molar-refractivity contribution in [2.75, 3.05) is 6.61 Å². The summed E-state index contributed by atoms with van der Waals surface area (Å²) in [6.45, 7) is 8.80. The van der Waals surface area contributed by atoms with Crippen molar-refractivity contribution in [3.05, 3.63) is 29.8 Å². The van der Waals surface area contributed by atoms with Gasteiger partial charge in [-0.15, -0.1) is 0 Å². The summed E-state index contributed by atoms with van der Waals surface area (Å²) in [6.07, 6.45) is 1.22. The van der Waals surface area contributed by atoms with Crippen LogP contribution in [0.1, 0.15) is 46.1 Å². The molecule has 0 unspecified atom stereocenters. The molecule has 0 aliphatic carbocycles. The summed E-state index contributed by atoms with van der Waals surface area (Å²) in [7, 11) is 0. The van der Waals surface area contributed by atoms with Crippen LogP contribution in [0.4, 0.5) is 4.79 Å². The van der Waals surface area contributed by atoms with Gasteiger partial charge in [0.15, 0.2) is 0 Å². The highest BCUT2D eigenvalue weighted by atomic mass is 16.7. The fourth-order valence-electron chi connectivity index (χ4n) is 1.45. The van der Waals surface area contributed by atoms with Crippen LogP contribution >= 0.6 is 0 Å². The van der Waals surface area contributed by atoms with Crippen LogP contribution in [-0.4, -0.2) is 12.8 Å². The largest absolute Gasteiger partial charge is 0.513 e. The van der Waals surface area contributed by atoms with Gasteiger partial charge in [0, 0.05) is 0 Å². The molecule has 0 aliphatic heterocycles. The van der Waals surface area contributed by atoms with Gasteiger partial charge in [-0.1, -0.05) is 46.2 Å². The zero-order valence-electron chi connectivity index (χ0n) is 11.7. The predicted octanol–water partition coefficient (Wildman–Crippen LogP) is 4.30. The number of ether oxygens (including phenoxy) is 2. The molecule has 0 aliphatic rings. The van der Waals surface area contributed by atoms with E-state index >= 15 is 0 Å². The third kappa shape index (κ3) is 4.78. The highest BCUT2D eigenvalue weighted by Crippen LogP contribution is 2.25. The van der Waals surface area contributed by atoms with Crippen molar-refractivity contribution in [2.45, 2.75) is 46.0 Å². The molecule has 0 N–H and O–H groups in total. The second-order valence-electron chi connectivity index (χ2n) is 5.33. The first-order chi connectivity index (χ1) is 8.43. The van der Waals surface area contributed by atoms with Crippen LogP contribution in [0.3, 0.4) is 0 Å². The lowest BCUT2D eigenvalue weighted by Gasteiger charge is -2.19. The smallest absolute Gasteiger partial charge is 0.434 e. The number of carbonyl (C=O) groups is 1. The molecule has 0 saturated heterocycles. The van der Waals surface area contributed by atoms with Crippen LogP contribution in [0.15, 0.2) is 24.3 Å². The van der Waals surface area contributed by atoms with Crippen molar-refractivity contribution in [3.8, 4) is 5.75 Å². The van der Waals surface area contributed by atoms with Crippen LogP contribution in [-0.2, 0) is 10.2 Å². The Morgan fingerprint density at radius 1 is 1.28 bits per heavy atom. The third-order valence-corrected chi connectivity index (χ3v) is 2.62. The van der Waals surface area contributed by atoms with Gasteiger partial charge in [-0.05, 0) is 29.5 Å². The van der Waals surface area contributed by atoms with Gasteiger partial charge in [-0.2, -0.15) is 0 Å². The monoisotopic (exact) mass is 250 g/mol. The summed E-state index contributed by atoms with van der Waals surface area (Å²) in [4.78, 5) is 11.4. The van der Waals surface area contributed by atoms with Gasteiger partial charge in [-0.25, -0.2) is 4.79 Å². The first-order valence-corrected chi connectivity index (χ1v) is 6.38. The van der Waals surface area contributed by atoms with E-state index in [0.29, 0.717) is 12.4 Å². The van der Waals surface area contributed by atoms with Gasteiger partial charge in [0.2, 0.25) is 0 Å². The lowest BCUT2D eigenvalue weighted by Crippen LogP contribution is -2.13. The summed E-state index contributed by atoms with van der Waals surface area (Å²) in [5.41, 5.74) is 1.16. The van der Waals surface area contributed by atoms with E-state index in [0.717, 1.165) is 18.4 Å². The first-order valence-electron chi connectivity index (χ1n) is 6.38. The molecule has 0 aromatic heterocycles. The molecule has 0 radical (unpaired) electrons. The van der Waals surface area contributed by atoms with Gasteiger partial charge in [-0.3, -0.25) is 0 Å². The predicted molar refractivity (Wildman–Crippen MR) is 72.0 cm³/mol. The number of carbonyl (C=O) groups excluding carboxylic acids is 1. The topological polar surface area (TPSA) is 35.5 Å². The van der Waals surface area contributed by atoms with E-state index in [2.05, 4.69) is 20.8 Å². The Morgan fingerprint density at radius 3 is 2.61 bits per heavy atom. The molecule has 3 nitrogen and oxygen atoms in total. The van der Waals surface area contributed by atoms with Crippen LogP contribution in [0, 0.1) is 0 Å². The average molecular weight is 250 g/mol. The zero-order valence-corrected chi connectivity index (χ0v) is 11.7. The van der Waals surface area contributed by atoms with Crippen LogP contribution in [0.25, 0.3) is 0 Å². The molecular formula is C15H22O3. The maximum Gasteiger partial charge on any atom is 0.513 e. The summed E-state index contributed by atoms with van der Waals surface area (Å²) < 4.78 is 10.1. The van der Waals surface area contributed by atoms with Crippen molar-refractivity contribution in [3.63, 3.8) is 0 Å². The number of hydrogen-bond acceptors (Lipinski definition) is 3. The summed E-state index contributed by atoms with van der Waals surface area (Å²) in [5, 5.41) is 0. The number of benzene rings is 1. The molecule has 18 heavy (non-hydrogen) atoms. The Balaban J connectivity index is 2.60. The van der Waals surface area contributed by atoms with E-state index in [1.165, 1.54) is 0 Å². The van der Waals surface area contributed by atoms with Crippen molar-refractivity contribution in [1.29, 1.82) is 0 Å². The molecule has 100 valence electrons. The van der Waals surface area contributed by atoms with E-state index in [1.54, 1.807) is 6.07 Å². The fraction of sp³-hybridized carbons (Fsp3) is 0.533. The van der Waals surface area contributed by atoms with E-state index in [9.17, 15) is 4.79 Å². The Kier molecular flexibility index (Phi) is 5.20. The Labute approximate surface area is 109 Å². The molecule has 3 heteroatoms. The molecule has 0 bridgehead atoms. The maximum absolute atomic E-state index is 11.4. The SMILES string of the molecule is CCCCOC(=O)Oc1cccc(C(C)(C)C)c1. The molecule has 0 saturated carbocycles. The highest BCUT2D eigenvalue weighted by molar-refractivity contribution is 5.63. The van der Waals surface area contributed by atoms with E-state index in [4.69, 9.17) is 9.47 Å². The lowest BCUT2D eigenvalue weighted by molar-refractivity contribution is 0.0978. The van der Waals surface area contributed by atoms with Crippen LogP contribution in [0.2, 0.25) is 0 Å². The number of rotatable bonds is 4. The molecule has 1 aromatic rings. The minimum atomic E-state index is -0.630. The van der Waals surface area contributed by atoms with Gasteiger partial charge in [0.05, 0.1) is 6.61 Å². The van der Waals surface area contributed by atoms with Gasteiger partial charge >= 0.3 is 6.16 Å². The standard InChI is InChI=1S/C15H22O3/c1-5-6-10-17-14(16)18-13-9-7-8-12(11-13)15(2,3)4/h7-9,11H,5-6,10H2,1-4H3. The summed E-state index contributed by atoms with van der Waals surface area (Å²) in [5.74, 6) is 0.531. The van der Waals surface area contributed by atoms with Crippen molar-refractivity contribution in [2.24, 2.45) is 0 Å².